The zero-order chi connectivity index (χ0) is 19.6. The van der Waals surface area contributed by atoms with Crippen LogP contribution in [-0.2, 0) is 16.1 Å². The molecule has 0 saturated heterocycles. The third-order valence-electron chi connectivity index (χ3n) is 4.34. The fourth-order valence-corrected chi connectivity index (χ4v) is 2.66. The van der Waals surface area contributed by atoms with E-state index in [4.69, 9.17) is 9.47 Å². The molecule has 3 rings (SSSR count). The Kier molecular flexibility index (Phi) is 5.29. The van der Waals surface area contributed by atoms with Crippen LogP contribution in [0.4, 0.5) is 0 Å². The maximum Gasteiger partial charge on any atom is 0.261 e. The number of carbonyl (C=O) groups is 2. The summed E-state index contributed by atoms with van der Waals surface area (Å²) in [6, 6.07) is 2.68. The van der Waals surface area contributed by atoms with E-state index in [2.05, 4.69) is 15.6 Å². The molecule has 0 radical (unpaired) electrons. The average Bonchev–Trinajstić information content (AvgIpc) is 3.46. The van der Waals surface area contributed by atoms with Gasteiger partial charge in [-0.3, -0.25) is 19.0 Å². The van der Waals surface area contributed by atoms with Gasteiger partial charge in [0.15, 0.2) is 11.5 Å². The smallest absolute Gasteiger partial charge is 0.261 e. The largest absolute Gasteiger partial charge is 0.493 e. The van der Waals surface area contributed by atoms with Gasteiger partial charge < -0.3 is 20.1 Å². The lowest BCUT2D eigenvalue weighted by molar-refractivity contribution is -0.129. The predicted octanol–water partition coefficient (Wildman–Crippen LogP) is 0.197. The Balaban J connectivity index is 1.76. The molecule has 1 aromatic carbocycles. The zero-order valence-corrected chi connectivity index (χ0v) is 15.4. The van der Waals surface area contributed by atoms with Gasteiger partial charge in [0.05, 0.1) is 31.4 Å². The lowest BCUT2D eigenvalue weighted by Gasteiger charge is -2.14. The molecule has 2 aromatic rings. The number of amides is 2. The third-order valence-corrected chi connectivity index (χ3v) is 4.34. The fraction of sp³-hybridized carbons (Fsp3) is 0.444. The molecule has 1 aliphatic rings. The van der Waals surface area contributed by atoms with Crippen LogP contribution < -0.4 is 25.7 Å². The van der Waals surface area contributed by atoms with Crippen LogP contribution in [0.15, 0.2) is 23.3 Å². The van der Waals surface area contributed by atoms with E-state index in [1.165, 1.54) is 31.2 Å². The van der Waals surface area contributed by atoms with E-state index >= 15 is 0 Å². The van der Waals surface area contributed by atoms with E-state index in [-0.39, 0.29) is 24.1 Å². The van der Waals surface area contributed by atoms with Crippen molar-refractivity contribution >= 4 is 22.7 Å². The number of benzene rings is 1. The van der Waals surface area contributed by atoms with Crippen molar-refractivity contribution in [2.24, 2.45) is 0 Å². The van der Waals surface area contributed by atoms with Gasteiger partial charge in [-0.25, -0.2) is 4.98 Å². The number of hydrogen-bond donors (Lipinski definition) is 2. The molecule has 1 fully saturated rings. The van der Waals surface area contributed by atoms with E-state index in [0.29, 0.717) is 22.4 Å². The molecule has 1 saturated carbocycles. The highest BCUT2D eigenvalue weighted by Gasteiger charge is 2.26. The predicted molar refractivity (Wildman–Crippen MR) is 97.9 cm³/mol. The SMILES string of the molecule is COc1cc2ncn(CC(=O)N[C@@H](C)C(=O)NC3CC3)c(=O)c2cc1OC. The van der Waals surface area contributed by atoms with E-state index < -0.39 is 11.9 Å². The second-order valence-electron chi connectivity index (χ2n) is 6.47. The standard InChI is InChI=1S/C18H22N4O5/c1-10(17(24)21-11-4-5-11)20-16(23)8-22-9-19-13-7-15(27-3)14(26-2)6-12(13)18(22)25/h6-7,9-11H,4-5,8H2,1-3H3,(H,20,23)(H,21,24)/t10-/m0/s1. The summed E-state index contributed by atoms with van der Waals surface area (Å²) in [4.78, 5) is 41.0. The quantitative estimate of drug-likeness (QED) is 0.716. The summed E-state index contributed by atoms with van der Waals surface area (Å²) < 4.78 is 11.6. The number of rotatable bonds is 7. The molecule has 2 amide bonds. The number of methoxy groups -OCH3 is 2. The molecule has 0 spiro atoms. The highest BCUT2D eigenvalue weighted by Crippen LogP contribution is 2.29. The molecule has 9 nitrogen and oxygen atoms in total. The first kappa shape index (κ1) is 18.7. The number of hydrogen-bond acceptors (Lipinski definition) is 6. The van der Waals surface area contributed by atoms with Crippen LogP contribution in [-0.4, -0.2) is 47.7 Å². The minimum atomic E-state index is -0.674. The Labute approximate surface area is 155 Å². The molecule has 144 valence electrons. The molecular weight excluding hydrogens is 352 g/mol. The summed E-state index contributed by atoms with van der Waals surface area (Å²) in [5.41, 5.74) is 0.0534. The highest BCUT2D eigenvalue weighted by molar-refractivity contribution is 5.87. The molecule has 0 bridgehead atoms. The Morgan fingerprint density at radius 1 is 1.26 bits per heavy atom. The van der Waals surface area contributed by atoms with Crippen molar-refractivity contribution in [1.29, 1.82) is 0 Å². The lowest BCUT2D eigenvalue weighted by atomic mass is 10.2. The summed E-state index contributed by atoms with van der Waals surface area (Å²) in [7, 11) is 2.97. The van der Waals surface area contributed by atoms with Crippen molar-refractivity contribution in [3.63, 3.8) is 0 Å². The van der Waals surface area contributed by atoms with E-state index in [1.54, 1.807) is 13.0 Å². The van der Waals surface area contributed by atoms with Crippen LogP contribution in [0.2, 0.25) is 0 Å². The number of fused-ring (bicyclic) bond motifs is 1. The van der Waals surface area contributed by atoms with Gasteiger partial charge in [-0.05, 0) is 25.8 Å². The molecule has 1 aliphatic carbocycles. The average molecular weight is 374 g/mol. The second-order valence-corrected chi connectivity index (χ2v) is 6.47. The van der Waals surface area contributed by atoms with Crippen LogP contribution >= 0.6 is 0 Å². The summed E-state index contributed by atoms with van der Waals surface area (Å²) in [5.74, 6) is 0.184. The first-order valence-corrected chi connectivity index (χ1v) is 8.64. The van der Waals surface area contributed by atoms with Crippen molar-refractivity contribution in [2.75, 3.05) is 14.2 Å². The van der Waals surface area contributed by atoms with Crippen LogP contribution in [0.25, 0.3) is 10.9 Å². The van der Waals surface area contributed by atoms with E-state index in [9.17, 15) is 14.4 Å². The summed E-state index contributed by atoms with van der Waals surface area (Å²) in [6.07, 6.45) is 3.24. The summed E-state index contributed by atoms with van der Waals surface area (Å²) in [6.45, 7) is 1.37. The van der Waals surface area contributed by atoms with Gasteiger partial charge in [0, 0.05) is 12.1 Å². The van der Waals surface area contributed by atoms with Gasteiger partial charge in [0.2, 0.25) is 11.8 Å². The molecule has 0 unspecified atom stereocenters. The maximum absolute atomic E-state index is 12.7. The van der Waals surface area contributed by atoms with Crippen molar-refractivity contribution in [3.8, 4) is 11.5 Å². The van der Waals surface area contributed by atoms with Crippen LogP contribution in [0.1, 0.15) is 19.8 Å². The molecule has 1 atom stereocenters. The normalized spacial score (nSPS) is 14.5. The molecule has 2 N–H and O–H groups in total. The van der Waals surface area contributed by atoms with Gasteiger partial charge in [0.25, 0.3) is 5.56 Å². The van der Waals surface area contributed by atoms with Crippen LogP contribution in [0.5, 0.6) is 11.5 Å². The first-order valence-electron chi connectivity index (χ1n) is 8.64. The van der Waals surface area contributed by atoms with Crippen molar-refractivity contribution < 1.29 is 19.1 Å². The first-order chi connectivity index (χ1) is 12.9. The van der Waals surface area contributed by atoms with Crippen LogP contribution in [0, 0.1) is 0 Å². The number of carbonyl (C=O) groups excluding carboxylic acids is 2. The summed E-state index contributed by atoms with van der Waals surface area (Å²) in [5, 5.41) is 5.72. The Hall–Kier alpha value is -3.10. The summed E-state index contributed by atoms with van der Waals surface area (Å²) >= 11 is 0. The molecule has 0 aliphatic heterocycles. The second kappa shape index (κ2) is 7.65. The van der Waals surface area contributed by atoms with Gasteiger partial charge in [-0.1, -0.05) is 0 Å². The fourth-order valence-electron chi connectivity index (χ4n) is 2.66. The minimum absolute atomic E-state index is 0.219. The molecule has 1 heterocycles. The highest BCUT2D eigenvalue weighted by atomic mass is 16.5. The molecular formula is C18H22N4O5. The number of nitrogens with one attached hydrogen (secondary N) is 2. The Morgan fingerprint density at radius 2 is 1.93 bits per heavy atom. The molecule has 1 aromatic heterocycles. The van der Waals surface area contributed by atoms with Crippen molar-refractivity contribution in [2.45, 2.75) is 38.4 Å². The van der Waals surface area contributed by atoms with Crippen LogP contribution in [0.3, 0.4) is 0 Å². The van der Waals surface area contributed by atoms with Gasteiger partial charge in [0.1, 0.15) is 12.6 Å². The molecule has 9 heteroatoms. The number of nitrogens with zero attached hydrogens (tertiary/aromatic N) is 2. The zero-order valence-electron chi connectivity index (χ0n) is 15.4. The van der Waals surface area contributed by atoms with Crippen molar-refractivity contribution in [1.82, 2.24) is 20.2 Å². The van der Waals surface area contributed by atoms with E-state index in [0.717, 1.165) is 12.8 Å². The third kappa shape index (κ3) is 4.18. The van der Waals surface area contributed by atoms with Gasteiger partial charge >= 0.3 is 0 Å². The Morgan fingerprint density at radius 3 is 2.56 bits per heavy atom. The number of ether oxygens (including phenoxy) is 2. The Bertz CT molecular complexity index is 935. The molecule has 27 heavy (non-hydrogen) atoms. The monoisotopic (exact) mass is 374 g/mol. The van der Waals surface area contributed by atoms with Gasteiger partial charge in [-0.2, -0.15) is 0 Å². The van der Waals surface area contributed by atoms with Crippen molar-refractivity contribution in [3.05, 3.63) is 28.8 Å². The number of aromatic nitrogens is 2. The lowest BCUT2D eigenvalue weighted by Crippen LogP contribution is -2.47. The topological polar surface area (TPSA) is 112 Å². The van der Waals surface area contributed by atoms with E-state index in [1.807, 2.05) is 0 Å². The minimum Gasteiger partial charge on any atom is -0.493 e. The maximum atomic E-state index is 12.7. The van der Waals surface area contributed by atoms with Gasteiger partial charge in [-0.15, -0.1) is 0 Å².